The molecular weight excluding hydrogens is 336 g/mol. The third kappa shape index (κ3) is 5.73. The quantitative estimate of drug-likeness (QED) is 0.842. The number of hydrogen-bond acceptors (Lipinski definition) is 3. The summed E-state index contributed by atoms with van der Waals surface area (Å²) in [6.45, 7) is 5.19. The molecule has 1 aromatic rings. The lowest BCUT2D eigenvalue weighted by molar-refractivity contribution is 0.0520. The summed E-state index contributed by atoms with van der Waals surface area (Å²) in [6.07, 6.45) is -0.613. The van der Waals surface area contributed by atoms with Gasteiger partial charge in [0.1, 0.15) is 12.2 Å². The molecule has 7 heteroatoms. The van der Waals surface area contributed by atoms with E-state index in [-0.39, 0.29) is 17.6 Å². The number of rotatable bonds is 4. The highest BCUT2D eigenvalue weighted by molar-refractivity contribution is 9.10. The molecule has 0 heterocycles. The van der Waals surface area contributed by atoms with E-state index in [0.29, 0.717) is 0 Å². The van der Waals surface area contributed by atoms with Gasteiger partial charge in [-0.25, -0.2) is 13.6 Å². The molecule has 0 fully saturated rings. The van der Waals surface area contributed by atoms with Gasteiger partial charge >= 0.3 is 6.09 Å². The maximum atomic E-state index is 13.4. The van der Waals surface area contributed by atoms with Crippen LogP contribution in [0.3, 0.4) is 0 Å². The minimum atomic E-state index is -0.811. The molecule has 1 rings (SSSR count). The van der Waals surface area contributed by atoms with Gasteiger partial charge in [-0.3, -0.25) is 0 Å². The minimum Gasteiger partial charge on any atom is -0.486 e. The third-order valence-corrected chi connectivity index (χ3v) is 2.44. The number of halogens is 3. The van der Waals surface area contributed by atoms with Crippen LogP contribution in [-0.2, 0) is 4.74 Å². The molecule has 0 aromatic heterocycles. The zero-order valence-electron chi connectivity index (χ0n) is 11.4. The smallest absolute Gasteiger partial charge is 0.407 e. The van der Waals surface area contributed by atoms with Crippen molar-refractivity contribution < 1.29 is 23.0 Å². The average molecular weight is 352 g/mol. The minimum absolute atomic E-state index is 0.0733. The van der Waals surface area contributed by atoms with E-state index in [4.69, 9.17) is 9.47 Å². The number of carbonyl (C=O) groups is 1. The Bertz CT molecular complexity index is 466. The molecule has 0 aliphatic carbocycles. The highest BCUT2D eigenvalue weighted by Gasteiger charge is 2.16. The van der Waals surface area contributed by atoms with E-state index in [0.717, 1.165) is 12.1 Å². The van der Waals surface area contributed by atoms with Crippen molar-refractivity contribution in [2.24, 2.45) is 0 Å². The monoisotopic (exact) mass is 351 g/mol. The topological polar surface area (TPSA) is 47.6 Å². The molecular formula is C13H16BrF2NO3. The van der Waals surface area contributed by atoms with Gasteiger partial charge in [0.15, 0.2) is 17.4 Å². The van der Waals surface area contributed by atoms with Crippen molar-refractivity contribution in [1.29, 1.82) is 0 Å². The largest absolute Gasteiger partial charge is 0.486 e. The lowest BCUT2D eigenvalue weighted by Gasteiger charge is -2.19. The van der Waals surface area contributed by atoms with Crippen LogP contribution in [-0.4, -0.2) is 24.8 Å². The Morgan fingerprint density at radius 1 is 1.30 bits per heavy atom. The number of alkyl carbamates (subject to hydrolysis) is 1. The van der Waals surface area contributed by atoms with E-state index in [1.54, 1.807) is 20.8 Å². The summed E-state index contributed by atoms with van der Waals surface area (Å²) < 4.78 is 37.1. The summed E-state index contributed by atoms with van der Waals surface area (Å²) in [5.74, 6) is -2.09. The van der Waals surface area contributed by atoms with Crippen LogP contribution < -0.4 is 10.1 Å². The molecule has 0 saturated heterocycles. The van der Waals surface area contributed by atoms with Crippen molar-refractivity contribution in [3.8, 4) is 5.75 Å². The summed E-state index contributed by atoms with van der Waals surface area (Å²) in [4.78, 5) is 11.3. The van der Waals surface area contributed by atoms with Gasteiger partial charge in [-0.1, -0.05) is 15.9 Å². The summed E-state index contributed by atoms with van der Waals surface area (Å²) in [5.41, 5.74) is -0.602. The summed E-state index contributed by atoms with van der Waals surface area (Å²) in [6, 6.07) is 2.19. The molecule has 1 N–H and O–H groups in total. The van der Waals surface area contributed by atoms with Crippen LogP contribution in [0.1, 0.15) is 20.8 Å². The molecule has 1 amide bonds. The molecule has 0 aliphatic heterocycles. The predicted molar refractivity (Wildman–Crippen MR) is 73.8 cm³/mol. The van der Waals surface area contributed by atoms with Gasteiger partial charge < -0.3 is 14.8 Å². The molecule has 4 nitrogen and oxygen atoms in total. The van der Waals surface area contributed by atoms with Crippen molar-refractivity contribution in [3.05, 3.63) is 28.2 Å². The van der Waals surface area contributed by atoms with E-state index in [1.807, 2.05) is 0 Å². The van der Waals surface area contributed by atoms with Crippen molar-refractivity contribution in [2.45, 2.75) is 26.4 Å². The molecule has 0 aliphatic rings. The highest BCUT2D eigenvalue weighted by atomic mass is 79.9. The number of amides is 1. The van der Waals surface area contributed by atoms with Crippen LogP contribution >= 0.6 is 15.9 Å². The van der Waals surface area contributed by atoms with E-state index in [9.17, 15) is 13.6 Å². The molecule has 0 saturated carbocycles. The van der Waals surface area contributed by atoms with Crippen molar-refractivity contribution in [2.75, 3.05) is 13.2 Å². The molecule has 0 unspecified atom stereocenters. The van der Waals surface area contributed by atoms with Crippen LogP contribution in [0.25, 0.3) is 0 Å². The van der Waals surface area contributed by atoms with Crippen molar-refractivity contribution in [1.82, 2.24) is 5.32 Å². The first kappa shape index (κ1) is 16.7. The van der Waals surface area contributed by atoms with E-state index in [1.165, 1.54) is 0 Å². The molecule has 0 spiro atoms. The molecule has 0 radical (unpaired) electrons. The Kier molecular flexibility index (Phi) is 5.74. The summed E-state index contributed by atoms with van der Waals surface area (Å²) in [5, 5.41) is 2.42. The number of hydrogen-bond donors (Lipinski definition) is 1. The Balaban J connectivity index is 2.41. The fourth-order valence-corrected chi connectivity index (χ4v) is 1.69. The standard InChI is InChI=1S/C13H16BrF2NO3/c1-13(2,3)20-12(18)17-4-5-19-11-9(15)6-8(14)7-10(11)16/h6-7H,4-5H2,1-3H3,(H,17,18). The van der Waals surface area contributed by atoms with Crippen LogP contribution in [0, 0.1) is 11.6 Å². The Labute approximate surface area is 124 Å². The first-order valence-corrected chi connectivity index (χ1v) is 6.72. The normalized spacial score (nSPS) is 11.1. The van der Waals surface area contributed by atoms with Gasteiger partial charge in [0.25, 0.3) is 0 Å². The van der Waals surface area contributed by atoms with Crippen LogP contribution in [0.4, 0.5) is 13.6 Å². The fourth-order valence-electron chi connectivity index (χ4n) is 1.29. The fraction of sp³-hybridized carbons (Fsp3) is 0.462. The van der Waals surface area contributed by atoms with Gasteiger partial charge in [0.2, 0.25) is 0 Å². The van der Waals surface area contributed by atoms with Crippen molar-refractivity contribution in [3.63, 3.8) is 0 Å². The lowest BCUT2D eigenvalue weighted by atomic mass is 10.2. The number of carbonyl (C=O) groups excluding carboxylic acids is 1. The highest BCUT2D eigenvalue weighted by Crippen LogP contribution is 2.25. The SMILES string of the molecule is CC(C)(C)OC(=O)NCCOc1c(F)cc(Br)cc1F. The Morgan fingerprint density at radius 3 is 2.35 bits per heavy atom. The second-order valence-electron chi connectivity index (χ2n) is 4.98. The maximum Gasteiger partial charge on any atom is 0.407 e. The third-order valence-electron chi connectivity index (χ3n) is 1.98. The number of benzene rings is 1. The van der Waals surface area contributed by atoms with Crippen LogP contribution in [0.2, 0.25) is 0 Å². The van der Waals surface area contributed by atoms with Crippen LogP contribution in [0.5, 0.6) is 5.75 Å². The predicted octanol–water partition coefficient (Wildman–Crippen LogP) is 3.63. The van der Waals surface area contributed by atoms with Gasteiger partial charge in [-0.05, 0) is 32.9 Å². The molecule has 1 aromatic carbocycles. The second kappa shape index (κ2) is 6.88. The number of nitrogens with one attached hydrogen (secondary N) is 1. The molecule has 0 bridgehead atoms. The van der Waals surface area contributed by atoms with E-state index in [2.05, 4.69) is 21.2 Å². The maximum absolute atomic E-state index is 13.4. The molecule has 0 atom stereocenters. The zero-order valence-corrected chi connectivity index (χ0v) is 13.0. The average Bonchev–Trinajstić information content (AvgIpc) is 2.23. The molecule has 20 heavy (non-hydrogen) atoms. The molecule has 112 valence electrons. The number of ether oxygens (including phenoxy) is 2. The second-order valence-corrected chi connectivity index (χ2v) is 5.89. The van der Waals surface area contributed by atoms with Crippen molar-refractivity contribution >= 4 is 22.0 Å². The van der Waals surface area contributed by atoms with Gasteiger partial charge in [-0.15, -0.1) is 0 Å². The zero-order chi connectivity index (χ0) is 15.3. The summed E-state index contributed by atoms with van der Waals surface area (Å²) >= 11 is 2.97. The Morgan fingerprint density at radius 2 is 1.85 bits per heavy atom. The van der Waals surface area contributed by atoms with Gasteiger partial charge in [0, 0.05) is 4.47 Å². The van der Waals surface area contributed by atoms with Gasteiger partial charge in [0.05, 0.1) is 6.54 Å². The Hall–Kier alpha value is -1.37. The summed E-state index contributed by atoms with van der Waals surface area (Å²) in [7, 11) is 0. The first-order valence-electron chi connectivity index (χ1n) is 5.93. The van der Waals surface area contributed by atoms with Gasteiger partial charge in [-0.2, -0.15) is 0 Å². The van der Waals surface area contributed by atoms with E-state index >= 15 is 0 Å². The van der Waals surface area contributed by atoms with E-state index < -0.39 is 29.1 Å². The lowest BCUT2D eigenvalue weighted by Crippen LogP contribution is -2.34. The van der Waals surface area contributed by atoms with Crippen LogP contribution in [0.15, 0.2) is 16.6 Å². The first-order chi connectivity index (χ1) is 9.19.